The third-order valence-corrected chi connectivity index (χ3v) is 4.49. The summed E-state index contributed by atoms with van der Waals surface area (Å²) in [5.41, 5.74) is 1.55. The molecule has 0 saturated carbocycles. The molecule has 4 heteroatoms. The van der Waals surface area contributed by atoms with Crippen molar-refractivity contribution in [3.63, 3.8) is 0 Å². The van der Waals surface area contributed by atoms with Crippen LogP contribution < -0.4 is 10.1 Å². The smallest absolute Gasteiger partial charge is 0.215 e. The number of nitrogens with one attached hydrogen (secondary N) is 1. The zero-order chi connectivity index (χ0) is 13.1. The van der Waals surface area contributed by atoms with E-state index in [1.54, 1.807) is 10.4 Å². The van der Waals surface area contributed by atoms with Crippen LogP contribution in [0, 0.1) is 0 Å². The average molecular weight is 274 g/mol. The van der Waals surface area contributed by atoms with E-state index in [4.69, 9.17) is 4.74 Å². The van der Waals surface area contributed by atoms with E-state index >= 15 is 0 Å². The summed E-state index contributed by atoms with van der Waals surface area (Å²) in [5, 5.41) is 3.37. The Morgan fingerprint density at radius 2 is 2.32 bits per heavy atom. The Labute approximate surface area is 117 Å². The molecule has 0 spiro atoms. The van der Waals surface area contributed by atoms with Gasteiger partial charge in [0.05, 0.1) is 13.2 Å². The minimum absolute atomic E-state index is 0.647. The van der Waals surface area contributed by atoms with Gasteiger partial charge < -0.3 is 10.1 Å². The van der Waals surface area contributed by atoms with E-state index in [0.717, 1.165) is 12.4 Å². The summed E-state index contributed by atoms with van der Waals surface area (Å²) in [6.45, 7) is 3.46. The summed E-state index contributed by atoms with van der Waals surface area (Å²) in [6.07, 6.45) is 3.84. The number of anilines is 1. The number of hydrogen-bond acceptors (Lipinski definition) is 4. The molecule has 2 heterocycles. The summed E-state index contributed by atoms with van der Waals surface area (Å²) in [6, 6.07) is 8.17. The minimum atomic E-state index is 0.647. The van der Waals surface area contributed by atoms with Crippen LogP contribution in [0.15, 0.2) is 24.3 Å². The molecule has 19 heavy (non-hydrogen) atoms. The Morgan fingerprint density at radius 3 is 3.16 bits per heavy atom. The number of aryl methyl sites for hydroxylation is 2. The highest BCUT2D eigenvalue weighted by atomic mass is 32.1. The van der Waals surface area contributed by atoms with Crippen LogP contribution in [-0.2, 0) is 19.4 Å². The molecule has 1 N–H and O–H groups in total. The number of pyridine rings is 1. The van der Waals surface area contributed by atoms with Crippen LogP contribution in [-0.4, -0.2) is 11.6 Å². The van der Waals surface area contributed by atoms with Gasteiger partial charge in [-0.15, -0.1) is 11.3 Å². The van der Waals surface area contributed by atoms with E-state index in [2.05, 4.69) is 16.4 Å². The number of ether oxygens (including phenoxy) is 1. The molecule has 0 unspecified atom stereocenters. The molecule has 0 fully saturated rings. The van der Waals surface area contributed by atoms with Gasteiger partial charge in [0.15, 0.2) is 0 Å². The van der Waals surface area contributed by atoms with E-state index in [1.165, 1.54) is 24.1 Å². The zero-order valence-corrected chi connectivity index (χ0v) is 11.9. The lowest BCUT2D eigenvalue weighted by Crippen LogP contribution is -2.01. The van der Waals surface area contributed by atoms with E-state index in [9.17, 15) is 0 Å². The summed E-state index contributed by atoms with van der Waals surface area (Å²) in [7, 11) is 0. The summed E-state index contributed by atoms with van der Waals surface area (Å²) < 4.78 is 5.40. The number of aromatic nitrogens is 1. The van der Waals surface area contributed by atoms with Crippen LogP contribution in [0.2, 0.25) is 0 Å². The lowest BCUT2D eigenvalue weighted by molar-refractivity contribution is 0.327. The number of thiophene rings is 1. The van der Waals surface area contributed by atoms with Gasteiger partial charge in [0.1, 0.15) is 5.82 Å². The highest BCUT2D eigenvalue weighted by molar-refractivity contribution is 7.12. The molecule has 0 bridgehead atoms. The lowest BCUT2D eigenvalue weighted by Gasteiger charge is -2.06. The third kappa shape index (κ3) is 2.89. The van der Waals surface area contributed by atoms with E-state index in [0.29, 0.717) is 12.5 Å². The lowest BCUT2D eigenvalue weighted by atomic mass is 10.2. The maximum Gasteiger partial charge on any atom is 0.215 e. The molecule has 3 rings (SSSR count). The highest BCUT2D eigenvalue weighted by Gasteiger charge is 2.14. The SMILES string of the molecule is CCOc1cccc(NCc2cc3c(s2)CCC3)n1. The molecule has 0 radical (unpaired) electrons. The van der Waals surface area contributed by atoms with E-state index < -0.39 is 0 Å². The fourth-order valence-electron chi connectivity index (χ4n) is 2.40. The molecule has 0 aliphatic heterocycles. The van der Waals surface area contributed by atoms with E-state index in [-0.39, 0.29) is 0 Å². The molecule has 0 atom stereocenters. The van der Waals surface area contributed by atoms with Crippen LogP contribution in [0.25, 0.3) is 0 Å². The Morgan fingerprint density at radius 1 is 1.37 bits per heavy atom. The quantitative estimate of drug-likeness (QED) is 0.904. The first kappa shape index (κ1) is 12.5. The van der Waals surface area contributed by atoms with Crippen molar-refractivity contribution in [2.75, 3.05) is 11.9 Å². The van der Waals surface area contributed by atoms with Crippen LogP contribution in [0.3, 0.4) is 0 Å². The molecule has 1 aliphatic carbocycles. The van der Waals surface area contributed by atoms with Gasteiger partial charge in [-0.3, -0.25) is 0 Å². The van der Waals surface area contributed by atoms with Crippen LogP contribution in [0.4, 0.5) is 5.82 Å². The van der Waals surface area contributed by atoms with Gasteiger partial charge in [-0.05, 0) is 43.9 Å². The second-order valence-corrected chi connectivity index (χ2v) is 5.88. The first-order valence-electron chi connectivity index (χ1n) is 6.79. The van der Waals surface area contributed by atoms with Gasteiger partial charge in [-0.2, -0.15) is 4.98 Å². The Hall–Kier alpha value is -1.55. The van der Waals surface area contributed by atoms with Crippen LogP contribution in [0.1, 0.15) is 28.7 Å². The summed E-state index contributed by atoms with van der Waals surface area (Å²) in [5.74, 6) is 1.56. The maximum absolute atomic E-state index is 5.40. The highest BCUT2D eigenvalue weighted by Crippen LogP contribution is 2.30. The first-order chi connectivity index (χ1) is 9.35. The number of nitrogens with zero attached hydrogens (tertiary/aromatic N) is 1. The van der Waals surface area contributed by atoms with Gasteiger partial charge in [-0.25, -0.2) is 0 Å². The average Bonchev–Trinajstić information content (AvgIpc) is 2.98. The normalized spacial score (nSPS) is 13.3. The molecule has 2 aromatic rings. The van der Waals surface area contributed by atoms with Gasteiger partial charge in [0.2, 0.25) is 5.88 Å². The molecule has 100 valence electrons. The third-order valence-electron chi connectivity index (χ3n) is 3.26. The largest absolute Gasteiger partial charge is 0.478 e. The van der Waals surface area contributed by atoms with Gasteiger partial charge in [-0.1, -0.05) is 6.07 Å². The van der Waals surface area contributed by atoms with Crippen molar-refractivity contribution < 1.29 is 4.74 Å². The zero-order valence-electron chi connectivity index (χ0n) is 11.1. The fourth-order valence-corrected chi connectivity index (χ4v) is 3.60. The number of hydrogen-bond donors (Lipinski definition) is 1. The standard InChI is InChI=1S/C15H18N2OS/c1-2-18-15-8-4-7-14(17-15)16-10-12-9-11-5-3-6-13(11)19-12/h4,7-9H,2-3,5-6,10H2,1H3,(H,16,17). The van der Waals surface area contributed by atoms with Crippen molar-refractivity contribution >= 4 is 17.2 Å². The van der Waals surface area contributed by atoms with Crippen molar-refractivity contribution in [1.82, 2.24) is 4.98 Å². The molecular weight excluding hydrogens is 256 g/mol. The first-order valence-corrected chi connectivity index (χ1v) is 7.61. The Balaban J connectivity index is 1.63. The van der Waals surface area contributed by atoms with Gasteiger partial charge in [0.25, 0.3) is 0 Å². The topological polar surface area (TPSA) is 34.1 Å². The fraction of sp³-hybridized carbons (Fsp3) is 0.400. The van der Waals surface area contributed by atoms with Crippen molar-refractivity contribution in [2.45, 2.75) is 32.7 Å². The summed E-state index contributed by atoms with van der Waals surface area (Å²) >= 11 is 1.93. The number of fused-ring (bicyclic) bond motifs is 1. The van der Waals surface area contributed by atoms with Gasteiger partial charge >= 0.3 is 0 Å². The minimum Gasteiger partial charge on any atom is -0.478 e. The van der Waals surface area contributed by atoms with E-state index in [1.807, 2.05) is 36.5 Å². The molecule has 1 aliphatic rings. The predicted molar refractivity (Wildman–Crippen MR) is 79.1 cm³/mol. The maximum atomic E-state index is 5.40. The molecule has 0 aromatic carbocycles. The van der Waals surface area contributed by atoms with Crippen molar-refractivity contribution in [3.05, 3.63) is 39.6 Å². The van der Waals surface area contributed by atoms with Crippen molar-refractivity contribution in [1.29, 1.82) is 0 Å². The van der Waals surface area contributed by atoms with Crippen molar-refractivity contribution in [3.8, 4) is 5.88 Å². The Kier molecular flexibility index (Phi) is 3.69. The monoisotopic (exact) mass is 274 g/mol. The molecule has 0 amide bonds. The van der Waals surface area contributed by atoms with Crippen LogP contribution in [0.5, 0.6) is 5.88 Å². The molecule has 2 aromatic heterocycles. The molecular formula is C15H18N2OS. The second kappa shape index (κ2) is 5.61. The van der Waals surface area contributed by atoms with Gasteiger partial charge in [0, 0.05) is 15.8 Å². The summed E-state index contributed by atoms with van der Waals surface area (Å²) in [4.78, 5) is 7.39. The van der Waals surface area contributed by atoms with Crippen LogP contribution >= 0.6 is 11.3 Å². The second-order valence-electron chi connectivity index (χ2n) is 4.66. The molecule has 0 saturated heterocycles. The predicted octanol–water partition coefficient (Wildman–Crippen LogP) is 3.64. The molecule has 3 nitrogen and oxygen atoms in total. The van der Waals surface area contributed by atoms with Crippen molar-refractivity contribution in [2.24, 2.45) is 0 Å². The Bertz CT molecular complexity index is 544. The number of rotatable bonds is 5.